The maximum atomic E-state index is 13.5. The maximum absolute atomic E-state index is 13.5. The van der Waals surface area contributed by atoms with Gasteiger partial charge in [-0.25, -0.2) is 0 Å². The molecule has 0 heterocycles. The van der Waals surface area contributed by atoms with Crippen LogP contribution in [0, 0.1) is 17.8 Å². The van der Waals surface area contributed by atoms with Crippen molar-refractivity contribution in [3.05, 3.63) is 0 Å². The molecule has 4 atom stereocenters. The van der Waals surface area contributed by atoms with Crippen LogP contribution in [0.1, 0.15) is 74.7 Å². The van der Waals surface area contributed by atoms with Crippen LogP contribution in [0.5, 0.6) is 0 Å². The number of carbonyl (C=O) groups excluding carboxylic acids is 1. The highest BCUT2D eigenvalue weighted by atomic mass is 28.4. The fourth-order valence-corrected chi connectivity index (χ4v) is 15.4. The predicted molar refractivity (Wildman–Crippen MR) is 120 cm³/mol. The monoisotopic (exact) mass is 428 g/mol. The van der Waals surface area contributed by atoms with Crippen molar-refractivity contribution in [1.82, 2.24) is 0 Å². The van der Waals surface area contributed by atoms with Crippen molar-refractivity contribution in [1.29, 1.82) is 0 Å². The molecule has 0 saturated heterocycles. The minimum atomic E-state index is -2.28. The summed E-state index contributed by atoms with van der Waals surface area (Å²) in [4.78, 5) is 13.5. The van der Waals surface area contributed by atoms with Crippen molar-refractivity contribution in [3.8, 4) is 0 Å². The van der Waals surface area contributed by atoms with Gasteiger partial charge in [0.25, 0.3) is 14.3 Å². The van der Waals surface area contributed by atoms with Crippen molar-refractivity contribution in [2.45, 2.75) is 103 Å². The van der Waals surface area contributed by atoms with Gasteiger partial charge in [-0.3, -0.25) is 4.79 Å². The lowest BCUT2D eigenvalue weighted by molar-refractivity contribution is -0.142. The van der Waals surface area contributed by atoms with E-state index in [4.69, 9.17) is 13.3 Å². The van der Waals surface area contributed by atoms with Gasteiger partial charge in [0.15, 0.2) is 0 Å². The van der Waals surface area contributed by atoms with Gasteiger partial charge in [0.05, 0.1) is 5.92 Å². The lowest BCUT2D eigenvalue weighted by Crippen LogP contribution is -2.52. The molecule has 164 valence electrons. The summed E-state index contributed by atoms with van der Waals surface area (Å²) < 4.78 is 19.0. The Morgan fingerprint density at radius 1 is 0.893 bits per heavy atom. The molecule has 0 amide bonds. The second-order valence-electron chi connectivity index (χ2n) is 10.1. The summed E-state index contributed by atoms with van der Waals surface area (Å²) in [6.45, 7) is 21.2. The third-order valence-electron chi connectivity index (χ3n) is 7.64. The molecule has 0 aromatic carbocycles. The highest BCUT2D eigenvalue weighted by Gasteiger charge is 2.59. The molecule has 0 spiro atoms. The van der Waals surface area contributed by atoms with Crippen molar-refractivity contribution in [3.63, 3.8) is 0 Å². The van der Waals surface area contributed by atoms with Gasteiger partial charge in [0.1, 0.15) is 0 Å². The number of hydrogen-bond acceptors (Lipinski definition) is 4. The van der Waals surface area contributed by atoms with Crippen LogP contribution in [-0.2, 0) is 18.1 Å². The second-order valence-corrected chi connectivity index (χ2v) is 18.8. The molecule has 2 bridgehead atoms. The molecule has 2 rings (SSSR count). The van der Waals surface area contributed by atoms with Crippen molar-refractivity contribution in [2.24, 2.45) is 17.8 Å². The van der Waals surface area contributed by atoms with E-state index < -0.39 is 16.9 Å². The Balaban J connectivity index is 2.23. The maximum Gasteiger partial charge on any atom is 0.338 e. The molecular formula is C22H44O4Si2. The molecule has 0 aromatic heterocycles. The zero-order valence-electron chi connectivity index (χ0n) is 19.7. The molecule has 2 fully saturated rings. The zero-order valence-corrected chi connectivity index (χ0v) is 21.7. The van der Waals surface area contributed by atoms with Crippen LogP contribution in [0.25, 0.3) is 0 Å². The molecule has 0 radical (unpaired) electrons. The molecule has 0 aromatic rings. The average Bonchev–Trinajstić information content (AvgIpc) is 3.20. The predicted octanol–water partition coefficient (Wildman–Crippen LogP) is 6.27. The van der Waals surface area contributed by atoms with Gasteiger partial charge < -0.3 is 13.3 Å². The van der Waals surface area contributed by atoms with E-state index in [-0.39, 0.29) is 11.9 Å². The summed E-state index contributed by atoms with van der Waals surface area (Å²) in [6, 6.07) is 0. The molecule has 2 aliphatic carbocycles. The zero-order chi connectivity index (χ0) is 21.3. The van der Waals surface area contributed by atoms with E-state index in [1.54, 1.807) is 0 Å². The van der Waals surface area contributed by atoms with Crippen LogP contribution in [0.3, 0.4) is 0 Å². The van der Waals surface area contributed by atoms with E-state index in [1.165, 1.54) is 0 Å². The Hall–Kier alpha value is -0.176. The van der Waals surface area contributed by atoms with E-state index in [2.05, 4.69) is 61.9 Å². The van der Waals surface area contributed by atoms with Crippen molar-refractivity contribution >= 4 is 22.8 Å². The van der Waals surface area contributed by atoms with Crippen LogP contribution in [0.15, 0.2) is 0 Å². The first-order valence-electron chi connectivity index (χ1n) is 11.5. The number of rotatable bonds is 10. The van der Waals surface area contributed by atoms with Gasteiger partial charge >= 0.3 is 8.56 Å². The van der Waals surface area contributed by atoms with Crippen LogP contribution >= 0.6 is 0 Å². The van der Waals surface area contributed by atoms with Gasteiger partial charge in [0, 0.05) is 18.8 Å². The molecule has 6 heteroatoms. The van der Waals surface area contributed by atoms with E-state index in [0.29, 0.717) is 47.2 Å². The first-order chi connectivity index (χ1) is 13.0. The molecule has 4 unspecified atom stereocenters. The van der Waals surface area contributed by atoms with E-state index in [9.17, 15) is 4.79 Å². The minimum Gasteiger partial charge on any atom is -0.518 e. The topological polar surface area (TPSA) is 44.8 Å². The summed E-state index contributed by atoms with van der Waals surface area (Å²) >= 11 is 0. The largest absolute Gasteiger partial charge is 0.518 e. The third kappa shape index (κ3) is 4.30. The fraction of sp³-hybridized carbons (Fsp3) is 0.955. The summed E-state index contributed by atoms with van der Waals surface area (Å²) in [6.07, 6.45) is 3.31. The third-order valence-corrected chi connectivity index (χ3v) is 17.3. The van der Waals surface area contributed by atoms with Crippen molar-refractivity contribution in [2.75, 3.05) is 13.2 Å². The Morgan fingerprint density at radius 3 is 1.79 bits per heavy atom. The highest BCUT2D eigenvalue weighted by Crippen LogP contribution is 2.59. The quantitative estimate of drug-likeness (QED) is 0.385. The van der Waals surface area contributed by atoms with Crippen molar-refractivity contribution < 1.29 is 18.1 Å². The Morgan fingerprint density at radius 2 is 1.39 bits per heavy atom. The van der Waals surface area contributed by atoms with Gasteiger partial charge in [0.2, 0.25) is 0 Å². The molecular weight excluding hydrogens is 384 g/mol. The summed E-state index contributed by atoms with van der Waals surface area (Å²) in [5.74, 6) is 1.14. The SMILES string of the molecule is CCO[Si](C)(OCC)C1CC2CC(C(=O)O[Si](C(C)C)(C(C)C)C(C)C)C1C2. The first kappa shape index (κ1) is 24.1. The Labute approximate surface area is 175 Å². The normalized spacial score (nSPS) is 28.0. The van der Waals surface area contributed by atoms with E-state index >= 15 is 0 Å². The standard InChI is InChI=1S/C22H44O4Si2/c1-10-24-27(9,25-11-2)21-14-18-12-19(21)20(13-18)22(23)26-28(15(3)4,16(5)6)17(7)8/h15-21H,10-14H2,1-9H3. The number of carbonyl (C=O) groups is 1. The van der Waals surface area contributed by atoms with Crippen LogP contribution in [0.2, 0.25) is 28.7 Å². The summed E-state index contributed by atoms with van der Waals surface area (Å²) in [5.41, 5.74) is 1.70. The number of fused-ring (bicyclic) bond motifs is 2. The molecule has 4 nitrogen and oxygen atoms in total. The second kappa shape index (κ2) is 9.31. The van der Waals surface area contributed by atoms with Crippen LogP contribution in [-0.4, -0.2) is 36.1 Å². The summed E-state index contributed by atoms with van der Waals surface area (Å²) in [5, 5.41) is 0. The lowest BCUT2D eigenvalue weighted by Gasteiger charge is -2.44. The average molecular weight is 429 g/mol. The van der Waals surface area contributed by atoms with Gasteiger partial charge in [-0.2, -0.15) is 0 Å². The van der Waals surface area contributed by atoms with Gasteiger partial charge in [-0.1, -0.05) is 41.5 Å². The van der Waals surface area contributed by atoms with E-state index in [0.717, 1.165) is 19.3 Å². The minimum absolute atomic E-state index is 0.0413. The highest BCUT2D eigenvalue weighted by molar-refractivity contribution is 6.79. The Bertz CT molecular complexity index is 507. The fourth-order valence-electron chi connectivity index (χ4n) is 6.66. The Kier molecular flexibility index (Phi) is 8.02. The number of hydrogen-bond donors (Lipinski definition) is 0. The molecule has 0 N–H and O–H groups in total. The van der Waals surface area contributed by atoms with Crippen LogP contribution in [0.4, 0.5) is 0 Å². The smallest absolute Gasteiger partial charge is 0.338 e. The summed E-state index contributed by atoms with van der Waals surface area (Å²) in [7, 11) is -4.46. The van der Waals surface area contributed by atoms with Gasteiger partial charge in [-0.15, -0.1) is 0 Å². The van der Waals surface area contributed by atoms with Gasteiger partial charge in [-0.05, 0) is 68.1 Å². The molecule has 0 aliphatic heterocycles. The van der Waals surface area contributed by atoms with Crippen LogP contribution < -0.4 is 0 Å². The molecule has 2 aliphatic rings. The molecule has 28 heavy (non-hydrogen) atoms. The first-order valence-corrected chi connectivity index (χ1v) is 16.1. The molecule has 2 saturated carbocycles. The lowest BCUT2D eigenvalue weighted by atomic mass is 9.88. The van der Waals surface area contributed by atoms with E-state index in [1.807, 2.05) is 0 Å².